The zero-order valence-corrected chi connectivity index (χ0v) is 21.1. The van der Waals surface area contributed by atoms with E-state index >= 15 is 0 Å². The van der Waals surface area contributed by atoms with Gasteiger partial charge in [-0.25, -0.2) is 0 Å². The molecule has 0 spiro atoms. The van der Waals surface area contributed by atoms with Gasteiger partial charge in [0.25, 0.3) is 0 Å². The number of fused-ring (bicyclic) bond motifs is 5. The Morgan fingerprint density at radius 3 is 2.40 bits per heavy atom. The quantitative estimate of drug-likeness (QED) is 0.429. The van der Waals surface area contributed by atoms with Gasteiger partial charge < -0.3 is 4.90 Å². The van der Waals surface area contributed by atoms with Crippen LogP contribution < -0.4 is 0 Å². The lowest BCUT2D eigenvalue weighted by atomic mass is 9.50. The largest absolute Gasteiger partial charge is 0.306 e. The summed E-state index contributed by atoms with van der Waals surface area (Å²) in [5.41, 5.74) is 4.64. The van der Waals surface area contributed by atoms with Gasteiger partial charge in [-0.2, -0.15) is 0 Å². The van der Waals surface area contributed by atoms with E-state index in [1.165, 1.54) is 64.2 Å². The van der Waals surface area contributed by atoms with Crippen LogP contribution in [0.1, 0.15) is 98.8 Å². The molecule has 0 aliphatic heterocycles. The van der Waals surface area contributed by atoms with Crippen molar-refractivity contribution in [2.45, 2.75) is 105 Å². The molecule has 0 amide bonds. The molecular weight excluding hydrogens is 362 g/mol. The van der Waals surface area contributed by atoms with E-state index in [-0.39, 0.29) is 0 Å². The van der Waals surface area contributed by atoms with Gasteiger partial charge >= 0.3 is 0 Å². The molecule has 4 aliphatic carbocycles. The fourth-order valence-corrected chi connectivity index (χ4v) is 8.45. The van der Waals surface area contributed by atoms with E-state index in [1.54, 1.807) is 5.57 Å². The van der Waals surface area contributed by atoms with Gasteiger partial charge in [0, 0.05) is 6.04 Å². The average molecular weight is 412 g/mol. The van der Waals surface area contributed by atoms with Crippen LogP contribution in [0.3, 0.4) is 0 Å². The maximum atomic E-state index is 2.69. The summed E-state index contributed by atoms with van der Waals surface area (Å²) in [4.78, 5) is 2.46. The molecule has 1 heteroatoms. The Labute approximate surface area is 187 Å². The first kappa shape index (κ1) is 22.6. The first-order chi connectivity index (χ1) is 14.2. The Morgan fingerprint density at radius 1 is 0.933 bits per heavy atom. The highest BCUT2D eigenvalue weighted by atomic mass is 15.1. The fraction of sp³-hybridized carbons (Fsp3) is 0.862. The van der Waals surface area contributed by atoms with Gasteiger partial charge in [0.05, 0.1) is 0 Å². The van der Waals surface area contributed by atoms with Crippen molar-refractivity contribution < 1.29 is 0 Å². The SMILES string of the molecule is CC(C)CCCC(C)C1CCC2C3=CC=C4CC(N(C)C)CCC4(C)C3CCC21C. The molecule has 170 valence electrons. The topological polar surface area (TPSA) is 3.24 Å². The Balaban J connectivity index is 1.52. The molecule has 3 fully saturated rings. The lowest BCUT2D eigenvalue weighted by molar-refractivity contribution is 0.0418. The van der Waals surface area contributed by atoms with E-state index in [1.807, 2.05) is 5.57 Å². The second-order valence-corrected chi connectivity index (χ2v) is 12.8. The van der Waals surface area contributed by atoms with Crippen molar-refractivity contribution in [1.82, 2.24) is 4.90 Å². The van der Waals surface area contributed by atoms with Crippen LogP contribution in [0, 0.1) is 40.4 Å². The molecule has 0 aromatic rings. The normalized spacial score (nSPS) is 41.8. The van der Waals surface area contributed by atoms with E-state index in [4.69, 9.17) is 0 Å². The lowest BCUT2D eigenvalue weighted by Gasteiger charge is -2.56. The van der Waals surface area contributed by atoms with Gasteiger partial charge in [-0.3, -0.25) is 0 Å². The van der Waals surface area contributed by atoms with E-state index in [9.17, 15) is 0 Å². The first-order valence-electron chi connectivity index (χ1n) is 13.2. The monoisotopic (exact) mass is 411 g/mol. The van der Waals surface area contributed by atoms with Crippen molar-refractivity contribution in [3.8, 4) is 0 Å². The van der Waals surface area contributed by atoms with Crippen LogP contribution in [-0.4, -0.2) is 25.0 Å². The molecule has 1 nitrogen and oxygen atoms in total. The van der Waals surface area contributed by atoms with Crippen LogP contribution in [-0.2, 0) is 0 Å². The summed E-state index contributed by atoms with van der Waals surface area (Å²) >= 11 is 0. The number of nitrogens with zero attached hydrogens (tertiary/aromatic N) is 1. The van der Waals surface area contributed by atoms with Crippen molar-refractivity contribution in [2.24, 2.45) is 40.4 Å². The number of rotatable bonds is 6. The minimum atomic E-state index is 0.443. The Bertz CT molecular complexity index is 684. The molecule has 7 unspecified atom stereocenters. The van der Waals surface area contributed by atoms with E-state index in [0.29, 0.717) is 10.8 Å². The molecule has 0 radical (unpaired) electrons. The zero-order valence-electron chi connectivity index (χ0n) is 21.1. The molecular formula is C29H49N. The van der Waals surface area contributed by atoms with E-state index in [2.05, 4.69) is 65.8 Å². The van der Waals surface area contributed by atoms with Gasteiger partial charge in [0.2, 0.25) is 0 Å². The maximum absolute atomic E-state index is 2.69. The standard InChI is InChI=1S/C29H49N/c1-20(2)9-8-10-21(3)25-13-14-26-24-12-11-22-19-23(30(6)7)15-17-28(22,4)27(24)16-18-29(25,26)5/h11-12,20-21,23,25-27H,8-10,13-19H2,1-7H3. The molecule has 0 N–H and O–H groups in total. The highest BCUT2D eigenvalue weighted by molar-refractivity contribution is 5.39. The highest BCUT2D eigenvalue weighted by Gasteiger charge is 2.56. The molecule has 7 atom stereocenters. The third kappa shape index (κ3) is 3.76. The third-order valence-corrected chi connectivity index (χ3v) is 10.5. The van der Waals surface area contributed by atoms with Gasteiger partial charge in [0.1, 0.15) is 0 Å². The van der Waals surface area contributed by atoms with Crippen molar-refractivity contribution in [3.63, 3.8) is 0 Å². The van der Waals surface area contributed by atoms with Crippen LogP contribution in [0.4, 0.5) is 0 Å². The van der Waals surface area contributed by atoms with Gasteiger partial charge in [-0.15, -0.1) is 0 Å². The van der Waals surface area contributed by atoms with Crippen LogP contribution in [0.5, 0.6) is 0 Å². The van der Waals surface area contributed by atoms with Crippen LogP contribution in [0.25, 0.3) is 0 Å². The predicted octanol–water partition coefficient (Wildman–Crippen LogP) is 7.88. The molecule has 0 aromatic heterocycles. The molecule has 0 heterocycles. The number of hydrogen-bond acceptors (Lipinski definition) is 1. The Hall–Kier alpha value is -0.560. The summed E-state index contributed by atoms with van der Waals surface area (Å²) in [7, 11) is 4.54. The summed E-state index contributed by atoms with van der Waals surface area (Å²) in [6, 6.07) is 0.746. The summed E-state index contributed by atoms with van der Waals surface area (Å²) < 4.78 is 0. The van der Waals surface area contributed by atoms with Crippen molar-refractivity contribution in [2.75, 3.05) is 14.1 Å². The molecule has 0 aromatic carbocycles. The molecule has 4 rings (SSSR count). The Kier molecular flexibility index (Phi) is 6.35. The second-order valence-electron chi connectivity index (χ2n) is 12.8. The highest BCUT2D eigenvalue weighted by Crippen LogP contribution is 2.66. The summed E-state index contributed by atoms with van der Waals surface area (Å²) in [6.45, 7) is 12.7. The number of hydrogen-bond donors (Lipinski definition) is 0. The van der Waals surface area contributed by atoms with Crippen LogP contribution >= 0.6 is 0 Å². The molecule has 0 saturated heterocycles. The molecule has 0 bridgehead atoms. The third-order valence-electron chi connectivity index (χ3n) is 10.5. The van der Waals surface area contributed by atoms with Gasteiger partial charge in [-0.05, 0) is 99.5 Å². The lowest BCUT2D eigenvalue weighted by Crippen LogP contribution is -2.47. The molecule has 4 aliphatic rings. The van der Waals surface area contributed by atoms with Crippen LogP contribution in [0.15, 0.2) is 23.3 Å². The first-order valence-corrected chi connectivity index (χ1v) is 13.2. The van der Waals surface area contributed by atoms with Gasteiger partial charge in [-0.1, -0.05) is 77.2 Å². The second kappa shape index (κ2) is 8.42. The minimum Gasteiger partial charge on any atom is -0.306 e. The predicted molar refractivity (Wildman–Crippen MR) is 130 cm³/mol. The van der Waals surface area contributed by atoms with E-state index < -0.39 is 0 Å². The summed E-state index contributed by atoms with van der Waals surface area (Å²) in [6.07, 6.45) is 19.4. The van der Waals surface area contributed by atoms with E-state index in [0.717, 1.165) is 35.6 Å². The smallest absolute Gasteiger partial charge is 0.0127 e. The van der Waals surface area contributed by atoms with Crippen molar-refractivity contribution in [3.05, 3.63) is 23.3 Å². The average Bonchev–Trinajstić information content (AvgIpc) is 3.04. The van der Waals surface area contributed by atoms with Crippen molar-refractivity contribution in [1.29, 1.82) is 0 Å². The summed E-state index contributed by atoms with van der Waals surface area (Å²) in [5, 5.41) is 0. The zero-order chi connectivity index (χ0) is 21.7. The van der Waals surface area contributed by atoms with Crippen LogP contribution in [0.2, 0.25) is 0 Å². The maximum Gasteiger partial charge on any atom is 0.0127 e. The number of allylic oxidation sites excluding steroid dienone is 3. The van der Waals surface area contributed by atoms with Gasteiger partial charge in [0.15, 0.2) is 0 Å². The summed E-state index contributed by atoms with van der Waals surface area (Å²) in [5.74, 6) is 4.39. The molecule has 3 saturated carbocycles. The molecule has 30 heavy (non-hydrogen) atoms. The Morgan fingerprint density at radius 2 is 1.70 bits per heavy atom. The minimum absolute atomic E-state index is 0.443. The van der Waals surface area contributed by atoms with Crippen molar-refractivity contribution >= 4 is 0 Å². The fourth-order valence-electron chi connectivity index (χ4n) is 8.45.